The highest BCUT2D eigenvalue weighted by atomic mass is 79.9. The quantitative estimate of drug-likeness (QED) is 0.856. The Kier molecular flexibility index (Phi) is 5.41. The van der Waals surface area contributed by atoms with Crippen LogP contribution in [0.3, 0.4) is 0 Å². The molecule has 0 aliphatic heterocycles. The van der Waals surface area contributed by atoms with Gasteiger partial charge in [-0.2, -0.15) is 0 Å². The van der Waals surface area contributed by atoms with Crippen molar-refractivity contribution in [1.29, 1.82) is 0 Å². The second-order valence-corrected chi connectivity index (χ2v) is 6.68. The number of hydrogen-bond acceptors (Lipinski definition) is 4. The molecular formula is C14H14BrFN2O2S. The van der Waals surface area contributed by atoms with E-state index >= 15 is 0 Å². The monoisotopic (exact) mass is 372 g/mol. The summed E-state index contributed by atoms with van der Waals surface area (Å²) in [6, 6.07) is 6.19. The summed E-state index contributed by atoms with van der Waals surface area (Å²) in [4.78, 5) is 12.0. The highest BCUT2D eigenvalue weighted by Crippen LogP contribution is 2.25. The van der Waals surface area contributed by atoms with Crippen molar-refractivity contribution < 1.29 is 13.7 Å². The highest BCUT2D eigenvalue weighted by molar-refractivity contribution is 9.10. The zero-order valence-corrected chi connectivity index (χ0v) is 13.9. The van der Waals surface area contributed by atoms with Gasteiger partial charge < -0.3 is 9.84 Å². The maximum absolute atomic E-state index is 13.0. The molecule has 0 spiro atoms. The number of halogens is 2. The standard InChI is InChI=1S/C14H14BrFN2O2S/c1-8-5-13(18-20-8)17-14(19)9(2)21-7-10-3-4-11(16)6-12(10)15/h3-6,9H,7H2,1-2H3,(H,17,18,19). The van der Waals surface area contributed by atoms with Crippen LogP contribution >= 0.6 is 27.7 Å². The molecule has 0 radical (unpaired) electrons. The van der Waals surface area contributed by atoms with Gasteiger partial charge in [0, 0.05) is 16.3 Å². The number of nitrogens with one attached hydrogen (secondary N) is 1. The first-order valence-electron chi connectivity index (χ1n) is 6.25. The lowest BCUT2D eigenvalue weighted by molar-refractivity contribution is -0.115. The lowest BCUT2D eigenvalue weighted by atomic mass is 10.2. The molecule has 21 heavy (non-hydrogen) atoms. The highest BCUT2D eigenvalue weighted by Gasteiger charge is 2.16. The van der Waals surface area contributed by atoms with Crippen molar-refractivity contribution in [1.82, 2.24) is 5.16 Å². The fourth-order valence-corrected chi connectivity index (χ4v) is 3.15. The number of anilines is 1. The summed E-state index contributed by atoms with van der Waals surface area (Å²) in [5.41, 5.74) is 0.943. The van der Waals surface area contributed by atoms with Gasteiger partial charge in [0.15, 0.2) is 5.82 Å². The van der Waals surface area contributed by atoms with Gasteiger partial charge in [0.05, 0.1) is 5.25 Å². The van der Waals surface area contributed by atoms with E-state index in [2.05, 4.69) is 26.4 Å². The zero-order chi connectivity index (χ0) is 15.4. The number of benzene rings is 1. The summed E-state index contributed by atoms with van der Waals surface area (Å²) in [5.74, 6) is 1.22. The molecule has 1 unspecified atom stereocenters. The maximum atomic E-state index is 13.0. The molecule has 0 aliphatic carbocycles. The van der Waals surface area contributed by atoms with E-state index in [0.29, 0.717) is 21.8 Å². The number of hydrogen-bond donors (Lipinski definition) is 1. The molecule has 1 heterocycles. The van der Waals surface area contributed by atoms with E-state index in [0.717, 1.165) is 5.56 Å². The first kappa shape index (κ1) is 16.0. The first-order chi connectivity index (χ1) is 9.95. The Balaban J connectivity index is 1.88. The van der Waals surface area contributed by atoms with Crippen molar-refractivity contribution in [2.75, 3.05) is 5.32 Å². The number of rotatable bonds is 5. The Hall–Kier alpha value is -1.34. The number of aryl methyl sites for hydroxylation is 1. The Labute approximate surface area is 134 Å². The number of nitrogens with zero attached hydrogens (tertiary/aromatic N) is 1. The third-order valence-electron chi connectivity index (χ3n) is 2.75. The minimum Gasteiger partial charge on any atom is -0.360 e. The molecule has 4 nitrogen and oxygen atoms in total. The number of amides is 1. The van der Waals surface area contributed by atoms with Crippen LogP contribution in [0.4, 0.5) is 10.2 Å². The summed E-state index contributed by atoms with van der Waals surface area (Å²) >= 11 is 4.78. The van der Waals surface area contributed by atoms with E-state index in [1.54, 1.807) is 19.1 Å². The SMILES string of the molecule is Cc1cc(NC(=O)C(C)SCc2ccc(F)cc2Br)no1. The van der Waals surface area contributed by atoms with Crippen LogP contribution in [0.1, 0.15) is 18.2 Å². The molecular weight excluding hydrogens is 359 g/mol. The minimum absolute atomic E-state index is 0.147. The fraction of sp³-hybridized carbons (Fsp3) is 0.286. The normalized spacial score (nSPS) is 12.2. The van der Waals surface area contributed by atoms with Gasteiger partial charge >= 0.3 is 0 Å². The average molecular weight is 373 g/mol. The number of aromatic nitrogens is 1. The van der Waals surface area contributed by atoms with E-state index < -0.39 is 0 Å². The minimum atomic E-state index is -0.289. The third-order valence-corrected chi connectivity index (χ3v) is 4.68. The molecule has 0 aliphatic rings. The molecule has 1 aromatic heterocycles. The molecule has 0 saturated carbocycles. The number of carbonyl (C=O) groups is 1. The lowest BCUT2D eigenvalue weighted by Crippen LogP contribution is -2.22. The molecule has 1 N–H and O–H groups in total. The molecule has 2 rings (SSSR count). The largest absolute Gasteiger partial charge is 0.360 e. The van der Waals surface area contributed by atoms with E-state index in [9.17, 15) is 9.18 Å². The van der Waals surface area contributed by atoms with E-state index in [1.807, 2.05) is 6.92 Å². The Morgan fingerprint density at radius 1 is 1.52 bits per heavy atom. The van der Waals surface area contributed by atoms with Crippen LogP contribution < -0.4 is 5.32 Å². The molecule has 0 fully saturated rings. The van der Waals surface area contributed by atoms with E-state index in [-0.39, 0.29) is 17.0 Å². The zero-order valence-electron chi connectivity index (χ0n) is 11.5. The molecule has 7 heteroatoms. The van der Waals surface area contributed by atoms with Gasteiger partial charge in [0.2, 0.25) is 5.91 Å². The Bertz CT molecular complexity index is 648. The maximum Gasteiger partial charge on any atom is 0.238 e. The lowest BCUT2D eigenvalue weighted by Gasteiger charge is -2.11. The van der Waals surface area contributed by atoms with Crippen molar-refractivity contribution in [2.45, 2.75) is 24.9 Å². The topological polar surface area (TPSA) is 55.1 Å². The summed E-state index contributed by atoms with van der Waals surface area (Å²) in [5, 5.41) is 6.14. The number of carbonyl (C=O) groups excluding carboxylic acids is 1. The van der Waals surface area contributed by atoms with Crippen LogP contribution in [0, 0.1) is 12.7 Å². The summed E-state index contributed by atoms with van der Waals surface area (Å²) in [6.45, 7) is 3.57. The summed E-state index contributed by atoms with van der Waals surface area (Å²) < 4.78 is 18.6. The van der Waals surface area contributed by atoms with Gasteiger partial charge in [-0.25, -0.2) is 4.39 Å². The first-order valence-corrected chi connectivity index (χ1v) is 8.09. The van der Waals surface area contributed by atoms with Gasteiger partial charge in [-0.15, -0.1) is 11.8 Å². The van der Waals surface area contributed by atoms with Gasteiger partial charge in [-0.3, -0.25) is 4.79 Å². The molecule has 2 aromatic rings. The van der Waals surface area contributed by atoms with Crippen molar-refractivity contribution in [3.8, 4) is 0 Å². The van der Waals surface area contributed by atoms with Crippen LogP contribution in [0.15, 0.2) is 33.3 Å². The second-order valence-electron chi connectivity index (χ2n) is 4.50. The van der Waals surface area contributed by atoms with Crippen molar-refractivity contribution in [3.05, 3.63) is 45.9 Å². The van der Waals surface area contributed by atoms with Gasteiger partial charge in [-0.05, 0) is 31.5 Å². The van der Waals surface area contributed by atoms with E-state index in [1.165, 1.54) is 23.9 Å². The number of thioether (sulfide) groups is 1. The smallest absolute Gasteiger partial charge is 0.238 e. The molecule has 1 atom stereocenters. The van der Waals surface area contributed by atoms with Gasteiger partial charge in [0.1, 0.15) is 11.6 Å². The molecule has 0 bridgehead atoms. The van der Waals surface area contributed by atoms with Gasteiger partial charge in [0.25, 0.3) is 0 Å². The molecule has 1 amide bonds. The Morgan fingerprint density at radius 2 is 2.29 bits per heavy atom. The predicted octanol–water partition coefficient (Wildman–Crippen LogP) is 4.15. The summed E-state index contributed by atoms with van der Waals surface area (Å²) in [7, 11) is 0. The van der Waals surface area contributed by atoms with Crippen molar-refractivity contribution >= 4 is 39.4 Å². The van der Waals surface area contributed by atoms with Gasteiger partial charge in [-0.1, -0.05) is 27.2 Å². The van der Waals surface area contributed by atoms with Crippen LogP contribution in [-0.4, -0.2) is 16.3 Å². The van der Waals surface area contributed by atoms with Crippen molar-refractivity contribution in [2.24, 2.45) is 0 Å². The fourth-order valence-electron chi connectivity index (χ4n) is 1.58. The van der Waals surface area contributed by atoms with Crippen LogP contribution in [0.25, 0.3) is 0 Å². The van der Waals surface area contributed by atoms with Crippen molar-refractivity contribution in [3.63, 3.8) is 0 Å². The van der Waals surface area contributed by atoms with E-state index in [4.69, 9.17) is 4.52 Å². The second kappa shape index (κ2) is 7.09. The third kappa shape index (κ3) is 4.57. The van der Waals surface area contributed by atoms with Crippen LogP contribution in [0.2, 0.25) is 0 Å². The predicted molar refractivity (Wildman–Crippen MR) is 84.7 cm³/mol. The Morgan fingerprint density at radius 3 is 2.90 bits per heavy atom. The van der Waals surface area contributed by atoms with Crippen LogP contribution in [-0.2, 0) is 10.5 Å². The molecule has 112 valence electrons. The summed E-state index contributed by atoms with van der Waals surface area (Å²) in [6.07, 6.45) is 0. The van der Waals surface area contributed by atoms with Crippen LogP contribution in [0.5, 0.6) is 0 Å². The molecule has 1 aromatic carbocycles. The molecule has 0 saturated heterocycles. The average Bonchev–Trinajstić information content (AvgIpc) is 2.82.